The van der Waals surface area contributed by atoms with E-state index in [1.807, 2.05) is 56.3 Å². The second-order valence-corrected chi connectivity index (χ2v) is 9.24. The molecule has 2 aromatic carbocycles. The monoisotopic (exact) mass is 500 g/mol. The molecule has 0 amide bonds. The van der Waals surface area contributed by atoms with Crippen LogP contribution < -0.4 is 10.3 Å². The number of nitrogens with zero attached hydrogens (tertiary/aromatic N) is 3. The lowest BCUT2D eigenvalue weighted by Crippen LogP contribution is -2.26. The van der Waals surface area contributed by atoms with E-state index in [0.29, 0.717) is 10.9 Å². The first-order valence-corrected chi connectivity index (χ1v) is 12.0. The molecule has 5 rings (SSSR count). The highest BCUT2D eigenvalue weighted by atomic mass is 35.5. The van der Waals surface area contributed by atoms with Crippen LogP contribution in [0.3, 0.4) is 0 Å². The highest BCUT2D eigenvalue weighted by molar-refractivity contribution is 6.30. The summed E-state index contributed by atoms with van der Waals surface area (Å²) in [6.07, 6.45) is 3.49. The van der Waals surface area contributed by atoms with Crippen molar-refractivity contribution in [1.82, 2.24) is 19.7 Å². The van der Waals surface area contributed by atoms with Gasteiger partial charge in [-0.1, -0.05) is 29.8 Å². The summed E-state index contributed by atoms with van der Waals surface area (Å²) < 4.78 is 7.15. The minimum atomic E-state index is -0.525. The average Bonchev–Trinajstić information content (AvgIpc) is 3.29. The topological polar surface area (TPSA) is 93.0 Å². The van der Waals surface area contributed by atoms with Gasteiger partial charge in [0.05, 0.1) is 24.3 Å². The van der Waals surface area contributed by atoms with Gasteiger partial charge in [0.2, 0.25) is 5.88 Å². The summed E-state index contributed by atoms with van der Waals surface area (Å²) in [7, 11) is 0. The SMILES string of the molecule is CC(C)Oc1ccc(-c2n[nH]c3ccc(-c4ccn([C@H](CO)c5cccc(Cl)c5)c(=O)c4)cc23)cn1. The largest absolute Gasteiger partial charge is 0.475 e. The van der Waals surface area contributed by atoms with Gasteiger partial charge in [-0.05, 0) is 66.9 Å². The van der Waals surface area contributed by atoms with Gasteiger partial charge < -0.3 is 14.4 Å². The van der Waals surface area contributed by atoms with Crippen LogP contribution in [0.15, 0.2) is 83.9 Å². The van der Waals surface area contributed by atoms with E-state index >= 15 is 0 Å². The van der Waals surface area contributed by atoms with Crippen LogP contribution in [0, 0.1) is 0 Å². The van der Waals surface area contributed by atoms with Crippen molar-refractivity contribution in [3.8, 4) is 28.3 Å². The number of nitrogens with one attached hydrogen (secondary N) is 1. The minimum Gasteiger partial charge on any atom is -0.475 e. The third-order valence-corrected chi connectivity index (χ3v) is 6.19. The summed E-state index contributed by atoms with van der Waals surface area (Å²) in [5.41, 5.74) is 4.71. The number of aliphatic hydroxyl groups excluding tert-OH is 1. The van der Waals surface area contributed by atoms with E-state index < -0.39 is 6.04 Å². The normalized spacial score (nSPS) is 12.2. The van der Waals surface area contributed by atoms with Crippen molar-refractivity contribution in [3.63, 3.8) is 0 Å². The Morgan fingerprint density at radius 2 is 1.83 bits per heavy atom. The van der Waals surface area contributed by atoms with Gasteiger partial charge in [-0.2, -0.15) is 5.10 Å². The van der Waals surface area contributed by atoms with Crippen LogP contribution >= 0.6 is 11.6 Å². The first kappa shape index (κ1) is 23.8. The second kappa shape index (κ2) is 9.97. The Kier molecular flexibility index (Phi) is 6.59. The van der Waals surface area contributed by atoms with E-state index in [0.717, 1.165) is 38.9 Å². The molecule has 0 aliphatic heterocycles. The summed E-state index contributed by atoms with van der Waals surface area (Å²) >= 11 is 6.11. The molecular weight excluding hydrogens is 476 g/mol. The van der Waals surface area contributed by atoms with Crippen molar-refractivity contribution >= 4 is 22.5 Å². The van der Waals surface area contributed by atoms with E-state index in [4.69, 9.17) is 16.3 Å². The average molecular weight is 501 g/mol. The molecule has 2 N–H and O–H groups in total. The molecule has 36 heavy (non-hydrogen) atoms. The smallest absolute Gasteiger partial charge is 0.251 e. The van der Waals surface area contributed by atoms with E-state index in [2.05, 4.69) is 15.2 Å². The molecule has 8 heteroatoms. The van der Waals surface area contributed by atoms with Crippen LogP contribution in [0.4, 0.5) is 0 Å². The number of fused-ring (bicyclic) bond motifs is 1. The summed E-state index contributed by atoms with van der Waals surface area (Å²) in [6.45, 7) is 3.69. The quantitative estimate of drug-likeness (QED) is 0.309. The standard InChI is InChI=1S/C28H25ClN4O3/c1-17(2)36-26-9-7-21(15-30-26)28-23-13-18(6-8-24(23)31-32-28)19-10-11-33(27(35)14-19)25(16-34)20-4-3-5-22(29)12-20/h3-15,17,25,34H,16H2,1-2H3,(H,31,32)/t25-/m1/s1. The fraction of sp³-hybridized carbons (Fsp3) is 0.179. The van der Waals surface area contributed by atoms with Gasteiger partial charge in [-0.3, -0.25) is 9.89 Å². The van der Waals surface area contributed by atoms with E-state index in [9.17, 15) is 9.90 Å². The Hall–Kier alpha value is -3.94. The summed E-state index contributed by atoms with van der Waals surface area (Å²) in [5.74, 6) is 0.564. The van der Waals surface area contributed by atoms with Crippen molar-refractivity contribution in [1.29, 1.82) is 0 Å². The Balaban J connectivity index is 1.49. The van der Waals surface area contributed by atoms with Gasteiger partial charge >= 0.3 is 0 Å². The van der Waals surface area contributed by atoms with Crippen LogP contribution in [0.25, 0.3) is 33.3 Å². The van der Waals surface area contributed by atoms with Crippen LogP contribution in [-0.4, -0.2) is 37.6 Å². The molecule has 0 bridgehead atoms. The summed E-state index contributed by atoms with van der Waals surface area (Å²) in [5, 5.41) is 19.0. The van der Waals surface area contributed by atoms with Gasteiger partial charge in [-0.25, -0.2) is 4.98 Å². The zero-order valence-corrected chi connectivity index (χ0v) is 20.6. The van der Waals surface area contributed by atoms with Crippen LogP contribution in [0.5, 0.6) is 5.88 Å². The van der Waals surface area contributed by atoms with Crippen molar-refractivity contribution in [2.75, 3.05) is 6.61 Å². The van der Waals surface area contributed by atoms with Gasteiger partial charge in [0.25, 0.3) is 5.56 Å². The molecule has 7 nitrogen and oxygen atoms in total. The first-order valence-electron chi connectivity index (χ1n) is 11.6. The van der Waals surface area contributed by atoms with Gasteiger partial charge in [0.1, 0.15) is 5.69 Å². The predicted molar refractivity (Wildman–Crippen MR) is 141 cm³/mol. The molecule has 3 heterocycles. The van der Waals surface area contributed by atoms with Crippen LogP contribution in [0.1, 0.15) is 25.5 Å². The lowest BCUT2D eigenvalue weighted by molar-refractivity contribution is 0.232. The maximum Gasteiger partial charge on any atom is 0.251 e. The first-order chi connectivity index (χ1) is 17.4. The number of benzene rings is 2. The van der Waals surface area contributed by atoms with E-state index in [-0.39, 0.29) is 18.3 Å². The molecule has 0 radical (unpaired) electrons. The number of aromatic amines is 1. The second-order valence-electron chi connectivity index (χ2n) is 8.80. The number of pyridine rings is 2. The molecule has 3 aromatic heterocycles. The lowest BCUT2D eigenvalue weighted by Gasteiger charge is -2.18. The van der Waals surface area contributed by atoms with Crippen molar-refractivity contribution in [3.05, 3.63) is 100 Å². The third-order valence-electron chi connectivity index (χ3n) is 5.95. The highest BCUT2D eigenvalue weighted by Gasteiger charge is 2.16. The van der Waals surface area contributed by atoms with Crippen molar-refractivity contribution in [2.24, 2.45) is 0 Å². The molecule has 1 atom stereocenters. The Bertz CT molecular complexity index is 1570. The Morgan fingerprint density at radius 1 is 1.03 bits per heavy atom. The number of aromatic nitrogens is 4. The third kappa shape index (κ3) is 4.76. The molecule has 0 aliphatic carbocycles. The zero-order chi connectivity index (χ0) is 25.2. The molecule has 0 unspecified atom stereocenters. The Morgan fingerprint density at radius 3 is 2.53 bits per heavy atom. The molecular formula is C28H25ClN4O3. The van der Waals surface area contributed by atoms with Crippen LogP contribution in [-0.2, 0) is 0 Å². The molecule has 182 valence electrons. The maximum atomic E-state index is 13.1. The number of hydrogen-bond acceptors (Lipinski definition) is 5. The van der Waals surface area contributed by atoms with Crippen molar-refractivity contribution < 1.29 is 9.84 Å². The van der Waals surface area contributed by atoms with E-state index in [1.165, 1.54) is 4.57 Å². The molecule has 0 fully saturated rings. The fourth-order valence-corrected chi connectivity index (χ4v) is 4.44. The fourth-order valence-electron chi connectivity index (χ4n) is 4.24. The number of halogens is 1. The molecule has 5 aromatic rings. The molecule has 0 saturated heterocycles. The number of hydrogen-bond donors (Lipinski definition) is 2. The highest BCUT2D eigenvalue weighted by Crippen LogP contribution is 2.31. The molecule has 0 saturated carbocycles. The number of aliphatic hydroxyl groups is 1. The van der Waals surface area contributed by atoms with Gasteiger partial charge in [-0.15, -0.1) is 0 Å². The van der Waals surface area contributed by atoms with E-state index in [1.54, 1.807) is 36.7 Å². The summed E-state index contributed by atoms with van der Waals surface area (Å²) in [6, 6.07) is 19.7. The zero-order valence-electron chi connectivity index (χ0n) is 19.9. The minimum absolute atomic E-state index is 0.0470. The Labute approximate surface area is 213 Å². The number of rotatable bonds is 7. The van der Waals surface area contributed by atoms with Gasteiger partial charge in [0.15, 0.2) is 0 Å². The lowest BCUT2D eigenvalue weighted by atomic mass is 10.0. The van der Waals surface area contributed by atoms with Gasteiger partial charge in [0, 0.05) is 40.5 Å². The molecule has 0 aliphatic rings. The van der Waals surface area contributed by atoms with Crippen molar-refractivity contribution in [2.45, 2.75) is 26.0 Å². The molecule has 0 spiro atoms. The van der Waals surface area contributed by atoms with Crippen LogP contribution in [0.2, 0.25) is 5.02 Å². The predicted octanol–water partition coefficient (Wildman–Crippen LogP) is 5.48. The number of ether oxygens (including phenoxy) is 1. The number of H-pyrrole nitrogens is 1. The maximum absolute atomic E-state index is 13.1. The summed E-state index contributed by atoms with van der Waals surface area (Å²) in [4.78, 5) is 17.5.